The zero-order valence-electron chi connectivity index (χ0n) is 18.0. The van der Waals surface area contributed by atoms with Gasteiger partial charge in [-0.3, -0.25) is 4.79 Å². The van der Waals surface area contributed by atoms with Crippen LogP contribution in [0.2, 0.25) is 0 Å². The standard InChI is InChI=1S/C28H31NO2/c30-26(24-19-23-11-12-25(24)27(23)15-16-27)29-17-13-22(14-18-29)28(31,20-7-3-1-4-8-20)21-9-5-2-6-10-21/h1-12,22-25,31H,13-19H2. The highest BCUT2D eigenvalue weighted by molar-refractivity contribution is 5.80. The first-order valence-corrected chi connectivity index (χ1v) is 11.9. The van der Waals surface area contributed by atoms with Gasteiger partial charge in [0.1, 0.15) is 5.60 Å². The maximum absolute atomic E-state index is 13.4. The van der Waals surface area contributed by atoms with E-state index < -0.39 is 5.60 Å². The van der Waals surface area contributed by atoms with E-state index in [-0.39, 0.29) is 11.8 Å². The largest absolute Gasteiger partial charge is 0.380 e. The lowest BCUT2D eigenvalue weighted by Crippen LogP contribution is -2.48. The minimum absolute atomic E-state index is 0.0936. The summed E-state index contributed by atoms with van der Waals surface area (Å²) in [6.45, 7) is 1.49. The van der Waals surface area contributed by atoms with E-state index in [4.69, 9.17) is 0 Å². The quantitative estimate of drug-likeness (QED) is 0.734. The number of amides is 1. The van der Waals surface area contributed by atoms with Crippen LogP contribution in [0.4, 0.5) is 0 Å². The maximum Gasteiger partial charge on any atom is 0.226 e. The summed E-state index contributed by atoms with van der Waals surface area (Å²) in [5, 5.41) is 12.1. The molecule has 0 radical (unpaired) electrons. The molecule has 4 aliphatic rings. The molecule has 1 spiro atoms. The van der Waals surface area contributed by atoms with Crippen molar-refractivity contribution in [3.63, 3.8) is 0 Å². The van der Waals surface area contributed by atoms with Gasteiger partial charge in [-0.2, -0.15) is 0 Å². The third-order valence-electron chi connectivity index (χ3n) is 8.86. The highest BCUT2D eigenvalue weighted by Crippen LogP contribution is 2.70. The predicted molar refractivity (Wildman–Crippen MR) is 121 cm³/mol. The van der Waals surface area contributed by atoms with Crippen LogP contribution in [0.1, 0.15) is 43.2 Å². The number of carbonyl (C=O) groups excluding carboxylic acids is 1. The van der Waals surface area contributed by atoms with Crippen molar-refractivity contribution in [3.05, 3.63) is 83.9 Å². The maximum atomic E-state index is 13.4. The van der Waals surface area contributed by atoms with Gasteiger partial charge in [0.2, 0.25) is 5.91 Å². The monoisotopic (exact) mass is 413 g/mol. The van der Waals surface area contributed by atoms with E-state index in [1.807, 2.05) is 60.7 Å². The van der Waals surface area contributed by atoms with E-state index in [1.165, 1.54) is 12.8 Å². The van der Waals surface area contributed by atoms with Crippen molar-refractivity contribution in [1.82, 2.24) is 4.90 Å². The van der Waals surface area contributed by atoms with Gasteiger partial charge < -0.3 is 10.0 Å². The van der Waals surface area contributed by atoms with Crippen LogP contribution in [0, 0.1) is 29.1 Å². The number of allylic oxidation sites excluding steroid dienone is 2. The highest BCUT2D eigenvalue weighted by Gasteiger charge is 2.64. The number of aliphatic hydroxyl groups is 1. The van der Waals surface area contributed by atoms with Crippen LogP contribution in [0.3, 0.4) is 0 Å². The van der Waals surface area contributed by atoms with E-state index in [2.05, 4.69) is 17.1 Å². The SMILES string of the molecule is O=C(C1CC2C=CC1C21CC1)N1CCC(C(O)(c2ccccc2)c2ccccc2)CC1. The average molecular weight is 414 g/mol. The van der Waals surface area contributed by atoms with Crippen LogP contribution < -0.4 is 0 Å². The Balaban J connectivity index is 1.21. The smallest absolute Gasteiger partial charge is 0.226 e. The second-order valence-corrected chi connectivity index (χ2v) is 10.2. The molecule has 2 bridgehead atoms. The highest BCUT2D eigenvalue weighted by atomic mass is 16.3. The molecular formula is C28H31NO2. The number of carbonyl (C=O) groups is 1. The van der Waals surface area contributed by atoms with Crippen LogP contribution in [0.15, 0.2) is 72.8 Å². The fraction of sp³-hybridized carbons (Fsp3) is 0.464. The molecule has 1 N–H and O–H groups in total. The molecule has 1 aliphatic heterocycles. The van der Waals surface area contributed by atoms with Crippen LogP contribution in [0.5, 0.6) is 0 Å². The number of nitrogens with zero attached hydrogens (tertiary/aromatic N) is 1. The Morgan fingerprint density at radius 2 is 1.48 bits per heavy atom. The third kappa shape index (κ3) is 2.86. The Morgan fingerprint density at radius 3 is 2.00 bits per heavy atom. The van der Waals surface area contributed by atoms with Gasteiger partial charge in [-0.15, -0.1) is 0 Å². The van der Waals surface area contributed by atoms with Gasteiger partial charge in [-0.25, -0.2) is 0 Å². The molecule has 3 heteroatoms. The summed E-state index contributed by atoms with van der Waals surface area (Å²) in [5.41, 5.74) is 1.32. The molecule has 1 saturated heterocycles. The van der Waals surface area contributed by atoms with E-state index in [9.17, 15) is 9.90 Å². The van der Waals surface area contributed by atoms with Gasteiger partial charge in [0.25, 0.3) is 0 Å². The molecule has 1 heterocycles. The first-order valence-electron chi connectivity index (χ1n) is 11.9. The molecule has 3 fully saturated rings. The zero-order chi connectivity index (χ0) is 21.1. The summed E-state index contributed by atoms with van der Waals surface area (Å²) < 4.78 is 0. The van der Waals surface area contributed by atoms with Crippen LogP contribution in [-0.2, 0) is 10.4 Å². The zero-order valence-corrected chi connectivity index (χ0v) is 18.0. The van der Waals surface area contributed by atoms with Crippen molar-refractivity contribution >= 4 is 5.91 Å². The van der Waals surface area contributed by atoms with E-state index in [0.717, 1.165) is 43.5 Å². The molecule has 0 aromatic heterocycles. The van der Waals surface area contributed by atoms with Crippen LogP contribution in [0.25, 0.3) is 0 Å². The second kappa shape index (κ2) is 7.06. The lowest BCUT2D eigenvalue weighted by atomic mass is 9.72. The number of likely N-dealkylation sites (tertiary alicyclic amines) is 1. The van der Waals surface area contributed by atoms with Crippen molar-refractivity contribution in [2.45, 2.75) is 37.7 Å². The summed E-state index contributed by atoms with van der Waals surface area (Å²) in [7, 11) is 0. The molecule has 3 aliphatic carbocycles. The first kappa shape index (κ1) is 19.3. The van der Waals surface area contributed by atoms with E-state index in [1.54, 1.807) is 0 Å². The fourth-order valence-electron chi connectivity index (χ4n) is 7.03. The summed E-state index contributed by atoms with van der Waals surface area (Å²) in [4.78, 5) is 15.5. The number of rotatable bonds is 4. The van der Waals surface area contributed by atoms with Crippen LogP contribution >= 0.6 is 0 Å². The number of benzene rings is 2. The minimum Gasteiger partial charge on any atom is -0.380 e. The fourth-order valence-corrected chi connectivity index (χ4v) is 7.03. The molecule has 1 amide bonds. The molecule has 3 nitrogen and oxygen atoms in total. The first-order chi connectivity index (χ1) is 15.1. The second-order valence-electron chi connectivity index (χ2n) is 10.2. The Bertz CT molecular complexity index is 947. The number of piperidine rings is 1. The van der Waals surface area contributed by atoms with Gasteiger partial charge >= 0.3 is 0 Å². The Labute approximate surface area is 184 Å². The molecule has 2 saturated carbocycles. The topological polar surface area (TPSA) is 40.5 Å². The molecule has 2 aromatic carbocycles. The normalized spacial score (nSPS) is 28.9. The molecule has 31 heavy (non-hydrogen) atoms. The van der Waals surface area contributed by atoms with Crippen LogP contribution in [-0.4, -0.2) is 29.0 Å². The van der Waals surface area contributed by atoms with E-state index in [0.29, 0.717) is 23.2 Å². The van der Waals surface area contributed by atoms with Gasteiger partial charge in [0.15, 0.2) is 0 Å². The lowest BCUT2D eigenvalue weighted by Gasteiger charge is -2.43. The molecule has 3 unspecified atom stereocenters. The number of hydrogen-bond acceptors (Lipinski definition) is 2. The summed E-state index contributed by atoms with van der Waals surface area (Å²) in [6, 6.07) is 20.1. The lowest BCUT2D eigenvalue weighted by molar-refractivity contribution is -0.139. The minimum atomic E-state index is -1.02. The van der Waals surface area contributed by atoms with Crippen molar-refractivity contribution in [1.29, 1.82) is 0 Å². The Morgan fingerprint density at radius 1 is 0.903 bits per heavy atom. The molecule has 2 aromatic rings. The van der Waals surface area contributed by atoms with Crippen molar-refractivity contribution in [3.8, 4) is 0 Å². The van der Waals surface area contributed by atoms with Gasteiger partial charge in [-0.05, 0) is 66.4 Å². The summed E-state index contributed by atoms with van der Waals surface area (Å²) in [6.07, 6.45) is 10.1. The van der Waals surface area contributed by atoms with Gasteiger partial charge in [0.05, 0.1) is 0 Å². The van der Waals surface area contributed by atoms with Gasteiger partial charge in [-0.1, -0.05) is 72.8 Å². The number of hydrogen-bond donors (Lipinski definition) is 1. The Kier molecular flexibility index (Phi) is 4.40. The van der Waals surface area contributed by atoms with Crippen molar-refractivity contribution in [2.24, 2.45) is 29.1 Å². The third-order valence-corrected chi connectivity index (χ3v) is 8.86. The predicted octanol–water partition coefficient (Wildman–Crippen LogP) is 4.76. The van der Waals surface area contributed by atoms with Crippen molar-refractivity contribution in [2.75, 3.05) is 13.1 Å². The van der Waals surface area contributed by atoms with Gasteiger partial charge in [0, 0.05) is 19.0 Å². The Hall–Kier alpha value is -2.39. The molecule has 3 atom stereocenters. The van der Waals surface area contributed by atoms with E-state index >= 15 is 0 Å². The summed E-state index contributed by atoms with van der Waals surface area (Å²) in [5.74, 6) is 1.77. The average Bonchev–Trinajstić information content (AvgIpc) is 3.51. The molecular weight excluding hydrogens is 382 g/mol. The molecule has 6 rings (SSSR count). The van der Waals surface area contributed by atoms with Crippen molar-refractivity contribution < 1.29 is 9.90 Å². The molecule has 160 valence electrons. The summed E-state index contributed by atoms with van der Waals surface area (Å²) >= 11 is 0.